The summed E-state index contributed by atoms with van der Waals surface area (Å²) in [5.41, 5.74) is 0.577. The van der Waals surface area contributed by atoms with Gasteiger partial charge in [0.05, 0.1) is 12.1 Å². The van der Waals surface area contributed by atoms with Gasteiger partial charge < -0.3 is 14.6 Å². The van der Waals surface area contributed by atoms with Crippen LogP contribution in [0, 0.1) is 0 Å². The third kappa shape index (κ3) is 3.24. The summed E-state index contributed by atoms with van der Waals surface area (Å²) in [6.45, 7) is 4.86. The van der Waals surface area contributed by atoms with E-state index in [0.29, 0.717) is 24.5 Å². The molecule has 0 fully saturated rings. The number of hydrogen-bond donors (Lipinski definition) is 1. The first-order valence-corrected chi connectivity index (χ1v) is 6.49. The lowest BCUT2D eigenvalue weighted by molar-refractivity contribution is 0.0654. The van der Waals surface area contributed by atoms with Gasteiger partial charge in [0.15, 0.2) is 5.69 Å². The van der Waals surface area contributed by atoms with Crippen molar-refractivity contribution >= 4 is 16.9 Å². The molecule has 0 radical (unpaired) electrons. The lowest BCUT2D eigenvalue weighted by Crippen LogP contribution is -2.19. The Hall–Kier alpha value is -2.14. The molecule has 2 rings (SSSR count). The van der Waals surface area contributed by atoms with E-state index >= 15 is 0 Å². The summed E-state index contributed by atoms with van der Waals surface area (Å²) >= 11 is 0. The van der Waals surface area contributed by atoms with E-state index in [4.69, 9.17) is 14.6 Å². The van der Waals surface area contributed by atoms with Crippen molar-refractivity contribution in [2.45, 2.75) is 20.0 Å². The summed E-state index contributed by atoms with van der Waals surface area (Å²) in [6.07, 6.45) is -0.164. The van der Waals surface area contributed by atoms with Gasteiger partial charge in [-0.25, -0.2) is 9.78 Å². The molecule has 0 aliphatic carbocycles. The number of para-hydroxylation sites is 1. The van der Waals surface area contributed by atoms with Crippen LogP contribution in [0.1, 0.15) is 24.3 Å². The molecule has 1 atom stereocenters. The third-order valence-electron chi connectivity index (χ3n) is 2.78. The SMILES string of the molecule is CCOCC(C)Oc1cc(C(=O)O)nc2ccccc12. The predicted molar refractivity (Wildman–Crippen MR) is 75.3 cm³/mol. The molecule has 0 amide bonds. The highest BCUT2D eigenvalue weighted by Gasteiger charge is 2.13. The van der Waals surface area contributed by atoms with Crippen molar-refractivity contribution in [1.82, 2.24) is 4.98 Å². The summed E-state index contributed by atoms with van der Waals surface area (Å²) in [7, 11) is 0. The van der Waals surface area contributed by atoms with Crippen molar-refractivity contribution in [3.63, 3.8) is 0 Å². The highest BCUT2D eigenvalue weighted by atomic mass is 16.5. The van der Waals surface area contributed by atoms with Crippen LogP contribution in [0.3, 0.4) is 0 Å². The van der Waals surface area contributed by atoms with Gasteiger partial charge in [0.25, 0.3) is 0 Å². The van der Waals surface area contributed by atoms with Crippen LogP contribution in [-0.4, -0.2) is 35.4 Å². The average Bonchev–Trinajstić information content (AvgIpc) is 2.44. The van der Waals surface area contributed by atoms with Crippen LogP contribution in [-0.2, 0) is 4.74 Å². The number of hydrogen-bond acceptors (Lipinski definition) is 4. The zero-order valence-corrected chi connectivity index (χ0v) is 11.5. The van der Waals surface area contributed by atoms with E-state index in [1.807, 2.05) is 32.0 Å². The van der Waals surface area contributed by atoms with Crippen LogP contribution in [0.4, 0.5) is 0 Å². The lowest BCUT2D eigenvalue weighted by atomic mass is 10.2. The largest absolute Gasteiger partial charge is 0.488 e. The fraction of sp³-hybridized carbons (Fsp3) is 0.333. The molecule has 0 spiro atoms. The van der Waals surface area contributed by atoms with E-state index in [2.05, 4.69) is 4.98 Å². The topological polar surface area (TPSA) is 68.7 Å². The van der Waals surface area contributed by atoms with Gasteiger partial charge >= 0.3 is 5.97 Å². The van der Waals surface area contributed by atoms with Crippen LogP contribution in [0.25, 0.3) is 10.9 Å². The van der Waals surface area contributed by atoms with Crippen LogP contribution in [0.5, 0.6) is 5.75 Å². The first kappa shape index (κ1) is 14.3. The zero-order chi connectivity index (χ0) is 14.5. The molecule has 1 N–H and O–H groups in total. The third-order valence-corrected chi connectivity index (χ3v) is 2.78. The molecule has 0 saturated carbocycles. The Morgan fingerprint density at radius 2 is 2.15 bits per heavy atom. The number of carboxylic acid groups (broad SMARTS) is 1. The summed E-state index contributed by atoms with van der Waals surface area (Å²) in [5, 5.41) is 9.89. The average molecular weight is 275 g/mol. The van der Waals surface area contributed by atoms with Gasteiger partial charge in [0, 0.05) is 18.1 Å². The van der Waals surface area contributed by atoms with Gasteiger partial charge in [-0.2, -0.15) is 0 Å². The molecule has 2 aromatic rings. The molecule has 0 saturated heterocycles. The Balaban J connectivity index is 2.37. The normalized spacial score (nSPS) is 12.3. The highest BCUT2D eigenvalue weighted by molar-refractivity contribution is 5.93. The Morgan fingerprint density at radius 1 is 1.40 bits per heavy atom. The first-order chi connectivity index (χ1) is 9.61. The Bertz CT molecular complexity index is 612. The predicted octanol–water partition coefficient (Wildman–Crippen LogP) is 2.74. The fourth-order valence-electron chi connectivity index (χ4n) is 1.89. The van der Waals surface area contributed by atoms with Crippen molar-refractivity contribution in [3.8, 4) is 5.75 Å². The maximum Gasteiger partial charge on any atom is 0.354 e. The molecule has 1 unspecified atom stereocenters. The van der Waals surface area contributed by atoms with E-state index in [-0.39, 0.29) is 11.8 Å². The van der Waals surface area contributed by atoms with Gasteiger partial charge in [-0.15, -0.1) is 0 Å². The van der Waals surface area contributed by atoms with Crippen molar-refractivity contribution in [1.29, 1.82) is 0 Å². The van der Waals surface area contributed by atoms with Crippen molar-refractivity contribution < 1.29 is 19.4 Å². The van der Waals surface area contributed by atoms with E-state index in [0.717, 1.165) is 5.39 Å². The minimum Gasteiger partial charge on any atom is -0.488 e. The minimum atomic E-state index is -1.07. The number of fused-ring (bicyclic) bond motifs is 1. The Kier molecular flexibility index (Phi) is 4.53. The van der Waals surface area contributed by atoms with Gasteiger partial charge in [0.2, 0.25) is 0 Å². The number of nitrogens with zero attached hydrogens (tertiary/aromatic N) is 1. The molecule has 1 aromatic carbocycles. The lowest BCUT2D eigenvalue weighted by Gasteiger charge is -2.16. The smallest absolute Gasteiger partial charge is 0.354 e. The number of aromatic carboxylic acids is 1. The molecular formula is C15H17NO4. The second-order valence-corrected chi connectivity index (χ2v) is 4.42. The fourth-order valence-corrected chi connectivity index (χ4v) is 1.89. The number of rotatable bonds is 6. The van der Waals surface area contributed by atoms with Crippen molar-refractivity contribution in [2.75, 3.05) is 13.2 Å². The molecule has 0 aliphatic heterocycles. The standard InChI is InChI=1S/C15H17NO4/c1-3-19-9-10(2)20-14-8-13(15(17)18)16-12-7-5-4-6-11(12)14/h4-8,10H,3,9H2,1-2H3,(H,17,18). The van der Waals surface area contributed by atoms with Gasteiger partial charge in [-0.05, 0) is 26.0 Å². The van der Waals surface area contributed by atoms with Crippen molar-refractivity contribution in [2.24, 2.45) is 0 Å². The number of carboxylic acids is 1. The van der Waals surface area contributed by atoms with Crippen LogP contribution in [0.15, 0.2) is 30.3 Å². The molecule has 5 nitrogen and oxygen atoms in total. The molecule has 0 aliphatic rings. The monoisotopic (exact) mass is 275 g/mol. The second kappa shape index (κ2) is 6.34. The maximum atomic E-state index is 11.1. The number of aromatic nitrogens is 1. The Morgan fingerprint density at radius 3 is 2.85 bits per heavy atom. The van der Waals surface area contributed by atoms with Gasteiger partial charge in [-0.3, -0.25) is 0 Å². The molecule has 20 heavy (non-hydrogen) atoms. The number of benzene rings is 1. The summed E-state index contributed by atoms with van der Waals surface area (Å²) in [4.78, 5) is 15.2. The highest BCUT2D eigenvalue weighted by Crippen LogP contribution is 2.26. The maximum absolute atomic E-state index is 11.1. The minimum absolute atomic E-state index is 0.0256. The van der Waals surface area contributed by atoms with E-state index < -0.39 is 5.97 Å². The summed E-state index contributed by atoms with van der Waals surface area (Å²) < 4.78 is 11.1. The van der Waals surface area contributed by atoms with Gasteiger partial charge in [0.1, 0.15) is 11.9 Å². The number of carbonyl (C=O) groups is 1. The van der Waals surface area contributed by atoms with Crippen LogP contribution >= 0.6 is 0 Å². The van der Waals surface area contributed by atoms with Crippen molar-refractivity contribution in [3.05, 3.63) is 36.0 Å². The van der Waals surface area contributed by atoms with E-state index in [1.165, 1.54) is 6.07 Å². The molecule has 0 bridgehead atoms. The van der Waals surface area contributed by atoms with E-state index in [9.17, 15) is 4.79 Å². The zero-order valence-electron chi connectivity index (χ0n) is 11.5. The molecule has 106 valence electrons. The summed E-state index contributed by atoms with van der Waals surface area (Å²) in [5.74, 6) is -0.557. The van der Waals surface area contributed by atoms with E-state index in [1.54, 1.807) is 6.07 Å². The quantitative estimate of drug-likeness (QED) is 0.877. The molecular weight excluding hydrogens is 258 g/mol. The molecule has 1 heterocycles. The Labute approximate surface area is 117 Å². The number of ether oxygens (including phenoxy) is 2. The first-order valence-electron chi connectivity index (χ1n) is 6.49. The number of pyridine rings is 1. The molecule has 1 aromatic heterocycles. The van der Waals surface area contributed by atoms with Crippen LogP contribution < -0.4 is 4.74 Å². The summed E-state index contributed by atoms with van der Waals surface area (Å²) in [6, 6.07) is 8.75. The van der Waals surface area contributed by atoms with Crippen LogP contribution in [0.2, 0.25) is 0 Å². The van der Waals surface area contributed by atoms with Gasteiger partial charge in [-0.1, -0.05) is 12.1 Å². The molecule has 5 heteroatoms. The second-order valence-electron chi connectivity index (χ2n) is 4.42.